The first-order chi connectivity index (χ1) is 13.2. The van der Waals surface area contributed by atoms with Crippen molar-refractivity contribution in [1.82, 2.24) is 9.78 Å². The predicted octanol–water partition coefficient (Wildman–Crippen LogP) is 3.20. The molecule has 1 aromatic heterocycles. The van der Waals surface area contributed by atoms with E-state index in [-0.39, 0.29) is 0 Å². The highest BCUT2D eigenvalue weighted by molar-refractivity contribution is 5.64. The van der Waals surface area contributed by atoms with Gasteiger partial charge >= 0.3 is 11.4 Å². The third kappa shape index (κ3) is 4.43. The number of benzene rings is 2. The summed E-state index contributed by atoms with van der Waals surface area (Å²) < 4.78 is 1.87. The first-order valence-corrected chi connectivity index (χ1v) is 7.56. The highest BCUT2D eigenvalue weighted by atomic mass is 16.6. The summed E-state index contributed by atoms with van der Waals surface area (Å²) >= 11 is 0. The van der Waals surface area contributed by atoms with E-state index in [1.54, 1.807) is 0 Å². The van der Waals surface area contributed by atoms with Crippen LogP contribution in [0, 0.1) is 30.3 Å². The first kappa shape index (κ1) is 20.0. The van der Waals surface area contributed by atoms with Gasteiger partial charge in [0.05, 0.1) is 32.6 Å². The lowest BCUT2D eigenvalue weighted by Crippen LogP contribution is -1.97. The second kappa shape index (κ2) is 8.35. The molecule has 0 spiro atoms. The van der Waals surface area contributed by atoms with Crippen molar-refractivity contribution < 1.29 is 19.9 Å². The smallest absolute Gasteiger partial charge is 0.324 e. The highest BCUT2D eigenvalue weighted by Crippen LogP contribution is 2.38. The second-order valence-corrected chi connectivity index (χ2v) is 5.31. The number of aromatic hydroxyl groups is 1. The van der Waals surface area contributed by atoms with Gasteiger partial charge in [0.15, 0.2) is 0 Å². The van der Waals surface area contributed by atoms with Crippen molar-refractivity contribution in [3.8, 4) is 17.0 Å². The molecule has 1 heterocycles. The lowest BCUT2D eigenvalue weighted by atomic mass is 10.2. The van der Waals surface area contributed by atoms with Gasteiger partial charge in [-0.15, -0.1) is 0 Å². The number of hydrogen-bond acceptors (Lipinski definition) is 8. The summed E-state index contributed by atoms with van der Waals surface area (Å²) in [5.41, 5.74) is -0.647. The Morgan fingerprint density at radius 1 is 0.893 bits per heavy atom. The van der Waals surface area contributed by atoms with Crippen molar-refractivity contribution in [2.75, 3.05) is 0 Å². The quantitative estimate of drug-likeness (QED) is 0.526. The molecule has 3 rings (SSSR count). The molecule has 0 saturated heterocycles. The van der Waals surface area contributed by atoms with Crippen molar-refractivity contribution in [2.45, 2.75) is 0 Å². The fraction of sp³-hybridized carbons (Fsp3) is 0.0625. The third-order valence-corrected chi connectivity index (χ3v) is 3.55. The summed E-state index contributed by atoms with van der Waals surface area (Å²) in [6, 6.07) is 13.1. The maximum Gasteiger partial charge on any atom is 0.324 e. The van der Waals surface area contributed by atoms with E-state index >= 15 is 0 Å². The summed E-state index contributed by atoms with van der Waals surface area (Å²) in [6.45, 7) is 0. The fourth-order valence-electron chi connectivity index (χ4n) is 2.24. The van der Waals surface area contributed by atoms with Crippen molar-refractivity contribution in [2.24, 2.45) is 7.05 Å². The lowest BCUT2D eigenvalue weighted by molar-refractivity contribution is -0.404. The SMILES string of the molecule is Cn1nccc1-c1ccccc1.O=[N+]([O-])c1cc([N+](=O)[O-])c(O)c([N+](=O)[O-])c1. The maximum absolute atomic E-state index is 10.4. The van der Waals surface area contributed by atoms with E-state index in [0.717, 1.165) is 5.69 Å². The zero-order valence-corrected chi connectivity index (χ0v) is 14.3. The molecule has 12 nitrogen and oxygen atoms in total. The number of aryl methyl sites for hydroxylation is 1. The number of rotatable bonds is 4. The average molecular weight is 387 g/mol. The second-order valence-electron chi connectivity index (χ2n) is 5.31. The Kier molecular flexibility index (Phi) is 5.96. The molecule has 144 valence electrons. The van der Waals surface area contributed by atoms with E-state index in [9.17, 15) is 30.3 Å². The minimum absolute atomic E-state index is 0.447. The van der Waals surface area contributed by atoms with Gasteiger partial charge in [-0.3, -0.25) is 35.0 Å². The van der Waals surface area contributed by atoms with Crippen LogP contribution < -0.4 is 0 Å². The van der Waals surface area contributed by atoms with Gasteiger partial charge in [0.2, 0.25) is 0 Å². The molecule has 0 radical (unpaired) electrons. The van der Waals surface area contributed by atoms with Gasteiger partial charge in [-0.05, 0) is 11.6 Å². The van der Waals surface area contributed by atoms with Gasteiger partial charge in [0.25, 0.3) is 11.4 Å². The molecule has 0 aliphatic rings. The van der Waals surface area contributed by atoms with Crippen LogP contribution in [0.1, 0.15) is 0 Å². The molecule has 3 aromatic rings. The van der Waals surface area contributed by atoms with Gasteiger partial charge in [-0.25, -0.2) is 0 Å². The van der Waals surface area contributed by atoms with Crippen molar-refractivity contribution in [3.63, 3.8) is 0 Å². The standard InChI is InChI=1S/C10H10N2.C6H3N3O7/c1-12-10(7-8-11-12)9-5-3-2-4-6-9;10-6-4(8(13)14)1-3(7(11)12)2-5(6)9(15)16/h2-8H,1H3;1-2,10H. The molecule has 0 aliphatic carbocycles. The Bertz CT molecular complexity index is 998. The minimum Gasteiger partial charge on any atom is -0.497 e. The monoisotopic (exact) mass is 387 g/mol. The van der Waals surface area contributed by atoms with E-state index in [2.05, 4.69) is 17.2 Å². The van der Waals surface area contributed by atoms with Gasteiger partial charge in [-0.1, -0.05) is 30.3 Å². The van der Waals surface area contributed by atoms with E-state index in [0.29, 0.717) is 12.1 Å². The molecule has 0 fully saturated rings. The van der Waals surface area contributed by atoms with E-state index in [1.165, 1.54) is 5.56 Å². The maximum atomic E-state index is 10.4. The molecular formula is C16H13N5O7. The summed E-state index contributed by atoms with van der Waals surface area (Å²) in [7, 11) is 1.95. The molecule has 1 N–H and O–H groups in total. The summed E-state index contributed by atoms with van der Waals surface area (Å²) in [4.78, 5) is 27.8. The van der Waals surface area contributed by atoms with Crippen LogP contribution in [-0.2, 0) is 7.05 Å². The van der Waals surface area contributed by atoms with Crippen LogP contribution in [0.3, 0.4) is 0 Å². The number of hydrogen-bond donors (Lipinski definition) is 1. The Morgan fingerprint density at radius 3 is 1.82 bits per heavy atom. The highest BCUT2D eigenvalue weighted by Gasteiger charge is 2.30. The van der Waals surface area contributed by atoms with E-state index in [1.807, 2.05) is 42.2 Å². The van der Waals surface area contributed by atoms with Crippen LogP contribution in [0.25, 0.3) is 11.3 Å². The van der Waals surface area contributed by atoms with Crippen LogP contribution in [0.4, 0.5) is 17.1 Å². The van der Waals surface area contributed by atoms with Crippen LogP contribution in [-0.4, -0.2) is 29.7 Å². The zero-order chi connectivity index (χ0) is 20.8. The van der Waals surface area contributed by atoms with Crippen molar-refractivity contribution >= 4 is 17.1 Å². The molecule has 0 unspecified atom stereocenters. The molecule has 0 aliphatic heterocycles. The van der Waals surface area contributed by atoms with Crippen molar-refractivity contribution in [1.29, 1.82) is 0 Å². The predicted molar refractivity (Wildman–Crippen MR) is 96.7 cm³/mol. The van der Waals surface area contributed by atoms with Crippen LogP contribution in [0.15, 0.2) is 54.7 Å². The number of phenolic OH excluding ortho intramolecular Hbond substituents is 1. The van der Waals surface area contributed by atoms with Crippen LogP contribution in [0.2, 0.25) is 0 Å². The third-order valence-electron chi connectivity index (χ3n) is 3.55. The molecule has 0 amide bonds. The lowest BCUT2D eigenvalue weighted by Gasteiger charge is -1.99. The zero-order valence-electron chi connectivity index (χ0n) is 14.3. The van der Waals surface area contributed by atoms with Gasteiger partial charge in [-0.2, -0.15) is 5.10 Å². The molecule has 12 heteroatoms. The van der Waals surface area contributed by atoms with E-state index in [4.69, 9.17) is 5.11 Å². The van der Waals surface area contributed by atoms with Crippen molar-refractivity contribution in [3.05, 3.63) is 85.1 Å². The Hall–Kier alpha value is -4.35. The number of aromatic nitrogens is 2. The summed E-state index contributed by atoms with van der Waals surface area (Å²) in [5.74, 6) is -1.21. The summed E-state index contributed by atoms with van der Waals surface area (Å²) in [5, 5.41) is 44.3. The number of nitro groups is 3. The topological polar surface area (TPSA) is 167 Å². The number of nitro benzene ring substituents is 3. The molecule has 2 aromatic carbocycles. The van der Waals surface area contributed by atoms with Gasteiger partial charge in [0.1, 0.15) is 0 Å². The molecular weight excluding hydrogens is 374 g/mol. The van der Waals surface area contributed by atoms with Crippen LogP contribution >= 0.6 is 0 Å². The molecule has 0 bridgehead atoms. The Balaban J connectivity index is 0.000000207. The average Bonchev–Trinajstić information content (AvgIpc) is 3.08. The molecule has 28 heavy (non-hydrogen) atoms. The van der Waals surface area contributed by atoms with Gasteiger partial charge in [0, 0.05) is 13.2 Å². The van der Waals surface area contributed by atoms with Gasteiger partial charge < -0.3 is 5.11 Å². The number of non-ortho nitro benzene ring substituents is 1. The Morgan fingerprint density at radius 2 is 1.43 bits per heavy atom. The summed E-state index contributed by atoms with van der Waals surface area (Å²) in [6.07, 6.45) is 1.81. The largest absolute Gasteiger partial charge is 0.497 e. The Labute approximate surface area is 156 Å². The molecule has 0 atom stereocenters. The number of phenols is 1. The normalized spacial score (nSPS) is 9.89. The molecule has 0 saturated carbocycles. The fourth-order valence-corrected chi connectivity index (χ4v) is 2.24. The minimum atomic E-state index is -1.21. The van der Waals surface area contributed by atoms with Crippen LogP contribution in [0.5, 0.6) is 5.75 Å². The van der Waals surface area contributed by atoms with E-state index < -0.39 is 37.6 Å². The first-order valence-electron chi connectivity index (χ1n) is 7.56. The number of nitrogens with zero attached hydrogens (tertiary/aromatic N) is 5.